The van der Waals surface area contributed by atoms with Gasteiger partial charge in [-0.1, -0.05) is 87.5 Å². The molecule has 0 N–H and O–H groups in total. The Morgan fingerprint density at radius 1 is 0.566 bits per heavy atom. The van der Waals surface area contributed by atoms with Gasteiger partial charge in [-0.3, -0.25) is 4.57 Å². The number of hydrogen-bond donors (Lipinski definition) is 0. The van der Waals surface area contributed by atoms with E-state index in [2.05, 4.69) is 157 Å². The molecule has 4 heterocycles. The number of para-hydroxylation sites is 4. The molecule has 0 fully saturated rings. The van der Waals surface area contributed by atoms with Gasteiger partial charge in [0.25, 0.3) is 0 Å². The van der Waals surface area contributed by atoms with E-state index in [9.17, 15) is 0 Å². The molecule has 4 aromatic heterocycles. The molecule has 10 rings (SSSR count). The zero-order chi connectivity index (χ0) is 35.8. The Morgan fingerprint density at radius 3 is 2.15 bits per heavy atom. The Kier molecular flexibility index (Phi) is 6.86. The maximum Gasteiger partial charge on any atom is 0.140 e. The van der Waals surface area contributed by atoms with Gasteiger partial charge in [-0.05, 0) is 83.8 Å². The number of hydrogen-bond acceptors (Lipinski definition) is 3. The molecule has 0 bridgehead atoms. The van der Waals surface area contributed by atoms with Crippen LogP contribution in [0.4, 0.5) is 0 Å². The molecule has 6 nitrogen and oxygen atoms in total. The number of ether oxygens (including phenoxy) is 1. The summed E-state index contributed by atoms with van der Waals surface area (Å²) in [6.07, 6.45) is 1.94. The van der Waals surface area contributed by atoms with Crippen molar-refractivity contribution in [3.05, 3.63) is 157 Å². The first-order chi connectivity index (χ1) is 25.8. The van der Waals surface area contributed by atoms with Crippen LogP contribution in [0.2, 0.25) is 0 Å². The molecule has 0 spiro atoms. The Labute approximate surface area is 307 Å². The lowest BCUT2D eigenvalue weighted by atomic mass is 9.88. The van der Waals surface area contributed by atoms with E-state index in [4.69, 9.17) is 14.7 Å². The van der Waals surface area contributed by atoms with Gasteiger partial charge in [0, 0.05) is 52.1 Å². The second kappa shape index (κ2) is 11.7. The fourth-order valence-corrected chi connectivity index (χ4v) is 7.94. The van der Waals surface area contributed by atoms with Crippen LogP contribution in [0.1, 0.15) is 26.3 Å². The van der Waals surface area contributed by atoms with Crippen molar-refractivity contribution in [1.29, 1.82) is 0 Å². The first-order valence-electron chi connectivity index (χ1n) is 18.1. The van der Waals surface area contributed by atoms with Crippen molar-refractivity contribution in [2.45, 2.75) is 26.2 Å². The number of aromatic nitrogens is 5. The molecule has 0 atom stereocenters. The second-order valence-electron chi connectivity index (χ2n) is 14.8. The smallest absolute Gasteiger partial charge is 0.140 e. The van der Waals surface area contributed by atoms with E-state index in [1.165, 1.54) is 27.2 Å². The van der Waals surface area contributed by atoms with Gasteiger partial charge in [-0.15, -0.1) is 0 Å². The molecule has 6 heteroatoms. The van der Waals surface area contributed by atoms with E-state index in [1.807, 2.05) is 36.5 Å². The Hall–Kier alpha value is -6.66. The summed E-state index contributed by atoms with van der Waals surface area (Å²) in [6, 6.07) is 51.0. The highest BCUT2D eigenvalue weighted by Crippen LogP contribution is 2.43. The maximum atomic E-state index is 6.67. The highest BCUT2D eigenvalue weighted by atomic mass is 16.5. The number of imidazole rings is 1. The van der Waals surface area contributed by atoms with Crippen LogP contribution in [0.3, 0.4) is 0 Å². The van der Waals surface area contributed by atoms with Gasteiger partial charge < -0.3 is 13.9 Å². The van der Waals surface area contributed by atoms with Crippen LogP contribution in [0, 0.1) is 0 Å². The summed E-state index contributed by atoms with van der Waals surface area (Å²) in [6.45, 7) is 6.74. The van der Waals surface area contributed by atoms with E-state index in [-0.39, 0.29) is 5.41 Å². The van der Waals surface area contributed by atoms with Crippen molar-refractivity contribution in [2.75, 3.05) is 0 Å². The van der Waals surface area contributed by atoms with Crippen molar-refractivity contribution in [3.8, 4) is 34.4 Å². The van der Waals surface area contributed by atoms with Crippen LogP contribution in [0.15, 0.2) is 152 Å². The normalized spacial score (nSPS) is 12.2. The summed E-state index contributed by atoms with van der Waals surface area (Å²) in [5.74, 6) is 3.27. The highest BCUT2D eigenvalue weighted by Gasteiger charge is 2.23. The summed E-state index contributed by atoms with van der Waals surface area (Å²) in [4.78, 5) is 9.97. The van der Waals surface area contributed by atoms with Crippen LogP contribution >= 0.6 is 0 Å². The molecule has 0 amide bonds. The lowest BCUT2D eigenvalue weighted by Crippen LogP contribution is -2.12. The quantitative estimate of drug-likeness (QED) is 0.181. The maximum absolute atomic E-state index is 6.67. The molecule has 0 radical (unpaired) electrons. The molecule has 0 saturated carbocycles. The monoisotopic (exact) mass is 687 g/mol. The molecular weight excluding hydrogens is 651 g/mol. The van der Waals surface area contributed by atoms with Crippen molar-refractivity contribution in [2.24, 2.45) is 7.05 Å². The summed E-state index contributed by atoms with van der Waals surface area (Å²) >= 11 is 0. The van der Waals surface area contributed by atoms with Gasteiger partial charge in [0.1, 0.15) is 23.1 Å². The molecular formula is C47H37N5O. The summed E-state index contributed by atoms with van der Waals surface area (Å²) in [5, 5.41) is 4.70. The number of rotatable bonds is 5. The van der Waals surface area contributed by atoms with E-state index >= 15 is 0 Å². The molecule has 6 aromatic carbocycles. The molecule has 53 heavy (non-hydrogen) atoms. The Morgan fingerprint density at radius 2 is 1.32 bits per heavy atom. The Bertz CT molecular complexity index is 3030. The van der Waals surface area contributed by atoms with Gasteiger partial charge in [-0.25, -0.2) is 9.97 Å². The second-order valence-corrected chi connectivity index (χ2v) is 14.8. The number of fused-ring (bicyclic) bond motifs is 8. The number of nitrogens with zero attached hydrogens (tertiary/aromatic N) is 5. The van der Waals surface area contributed by atoms with Crippen molar-refractivity contribution >= 4 is 54.6 Å². The molecule has 0 aliphatic rings. The van der Waals surface area contributed by atoms with Gasteiger partial charge in [0.2, 0.25) is 0 Å². The zero-order valence-corrected chi connectivity index (χ0v) is 30.1. The standard InChI is InChI=1S/C47H37N5O/c1-47(2,3)31-25-26-48-43(28-31)52-42-29-34(53-33-16-12-13-30(27-33)46-49-38-18-9-11-20-40(38)50(46)4)21-22-35(42)36-23-24-41-44(45(36)52)37-17-8-10-19-39(37)51(41)32-14-6-5-7-15-32/h5-29H,1-4H3. The number of aryl methyl sites for hydroxylation is 1. The third-order valence-electron chi connectivity index (χ3n) is 10.5. The van der Waals surface area contributed by atoms with Crippen LogP contribution in [-0.2, 0) is 12.5 Å². The predicted octanol–water partition coefficient (Wildman–Crippen LogP) is 11.9. The van der Waals surface area contributed by atoms with Crippen LogP contribution in [-0.4, -0.2) is 23.7 Å². The average molecular weight is 688 g/mol. The summed E-state index contributed by atoms with van der Waals surface area (Å²) < 4.78 is 13.5. The fraction of sp³-hybridized carbons (Fsp3) is 0.106. The van der Waals surface area contributed by atoms with Crippen molar-refractivity contribution < 1.29 is 4.74 Å². The fourth-order valence-electron chi connectivity index (χ4n) is 7.94. The molecule has 0 unspecified atom stereocenters. The van der Waals surface area contributed by atoms with E-state index in [1.54, 1.807) is 0 Å². The van der Waals surface area contributed by atoms with Crippen LogP contribution in [0.25, 0.3) is 77.5 Å². The van der Waals surface area contributed by atoms with Crippen LogP contribution < -0.4 is 4.74 Å². The topological polar surface area (TPSA) is 49.8 Å². The van der Waals surface area contributed by atoms with Crippen molar-refractivity contribution in [3.63, 3.8) is 0 Å². The highest BCUT2D eigenvalue weighted by molar-refractivity contribution is 6.26. The predicted molar refractivity (Wildman–Crippen MR) is 218 cm³/mol. The van der Waals surface area contributed by atoms with Crippen molar-refractivity contribution in [1.82, 2.24) is 23.7 Å². The SMILES string of the molecule is Cn1c(-c2cccc(Oc3ccc4c5ccc6c(c7ccccc7n6-c6ccccc6)c5n(-c5cc(C(C)(C)C)ccn5)c4c3)c2)nc2ccccc21. The molecule has 0 saturated heterocycles. The van der Waals surface area contributed by atoms with Gasteiger partial charge >= 0.3 is 0 Å². The van der Waals surface area contributed by atoms with Crippen LogP contribution in [0.5, 0.6) is 11.5 Å². The number of pyridine rings is 1. The van der Waals surface area contributed by atoms with E-state index in [0.717, 1.165) is 67.4 Å². The van der Waals surface area contributed by atoms with E-state index < -0.39 is 0 Å². The first kappa shape index (κ1) is 31.1. The van der Waals surface area contributed by atoms with Gasteiger partial charge in [-0.2, -0.15) is 0 Å². The summed E-state index contributed by atoms with van der Waals surface area (Å²) in [5.41, 5.74) is 9.85. The average Bonchev–Trinajstić information content (AvgIpc) is 3.82. The third-order valence-corrected chi connectivity index (χ3v) is 10.5. The lowest BCUT2D eigenvalue weighted by Gasteiger charge is -2.20. The zero-order valence-electron chi connectivity index (χ0n) is 30.1. The molecule has 256 valence electrons. The molecule has 10 aromatic rings. The minimum Gasteiger partial charge on any atom is -0.457 e. The number of benzene rings is 6. The van der Waals surface area contributed by atoms with Gasteiger partial charge in [0.05, 0.1) is 33.1 Å². The Balaban J connectivity index is 1.21. The minimum atomic E-state index is -0.0482. The molecule has 0 aliphatic carbocycles. The molecule has 0 aliphatic heterocycles. The largest absolute Gasteiger partial charge is 0.457 e. The third kappa shape index (κ3) is 4.94. The van der Waals surface area contributed by atoms with E-state index in [0.29, 0.717) is 0 Å². The summed E-state index contributed by atoms with van der Waals surface area (Å²) in [7, 11) is 2.06. The lowest BCUT2D eigenvalue weighted by molar-refractivity contribution is 0.483. The first-order valence-corrected chi connectivity index (χ1v) is 18.1. The minimum absolute atomic E-state index is 0.0482. The van der Waals surface area contributed by atoms with Gasteiger partial charge in [0.15, 0.2) is 0 Å².